The van der Waals surface area contributed by atoms with Crippen molar-refractivity contribution >= 4 is 0 Å². The van der Waals surface area contributed by atoms with Gasteiger partial charge in [0.1, 0.15) is 5.82 Å². The van der Waals surface area contributed by atoms with Gasteiger partial charge in [0.25, 0.3) is 5.56 Å². The molecule has 2 aromatic rings. The Bertz CT molecular complexity index is 751. The number of likely N-dealkylation sites (tertiary alicyclic amines) is 1. The molecular formula is C17H20FN3O2. The fourth-order valence-corrected chi connectivity index (χ4v) is 2.87. The first-order valence-electron chi connectivity index (χ1n) is 7.69. The molecule has 1 aromatic carbocycles. The minimum absolute atomic E-state index is 0.213. The third-order valence-electron chi connectivity index (χ3n) is 4.41. The lowest BCUT2D eigenvalue weighted by Crippen LogP contribution is -2.46. The SMILES string of the molecule is CN1CCC(O)(Cn2cnc(-c3ccccc3F)cc2=O)CC1. The van der Waals surface area contributed by atoms with Crippen LogP contribution in [0.1, 0.15) is 12.8 Å². The van der Waals surface area contributed by atoms with E-state index in [9.17, 15) is 14.3 Å². The topological polar surface area (TPSA) is 58.4 Å². The number of rotatable bonds is 3. The quantitative estimate of drug-likeness (QED) is 0.932. The number of nitrogens with zero attached hydrogens (tertiary/aromatic N) is 3. The Morgan fingerprint density at radius 1 is 1.30 bits per heavy atom. The number of halogens is 1. The maximum atomic E-state index is 13.8. The zero-order valence-corrected chi connectivity index (χ0v) is 13.1. The first-order chi connectivity index (χ1) is 11.0. The van der Waals surface area contributed by atoms with Crippen LogP contribution in [0.2, 0.25) is 0 Å². The van der Waals surface area contributed by atoms with Gasteiger partial charge in [-0.3, -0.25) is 9.36 Å². The predicted molar refractivity (Wildman–Crippen MR) is 85.6 cm³/mol. The highest BCUT2D eigenvalue weighted by Gasteiger charge is 2.31. The lowest BCUT2D eigenvalue weighted by atomic mass is 9.91. The van der Waals surface area contributed by atoms with Gasteiger partial charge in [-0.1, -0.05) is 12.1 Å². The van der Waals surface area contributed by atoms with Gasteiger partial charge in [0, 0.05) is 24.7 Å². The van der Waals surface area contributed by atoms with Crippen LogP contribution in [0.5, 0.6) is 0 Å². The first-order valence-corrected chi connectivity index (χ1v) is 7.69. The van der Waals surface area contributed by atoms with Gasteiger partial charge < -0.3 is 10.0 Å². The Labute approximate surface area is 134 Å². The van der Waals surface area contributed by atoms with Crippen molar-refractivity contribution in [2.75, 3.05) is 20.1 Å². The number of piperidine rings is 1. The summed E-state index contributed by atoms with van der Waals surface area (Å²) in [6, 6.07) is 7.54. The standard InChI is InChI=1S/C17H20FN3O2/c1-20-8-6-17(23,7-9-20)11-21-12-19-15(10-16(21)22)13-4-2-3-5-14(13)18/h2-5,10,12,23H,6-9,11H2,1H3. The highest BCUT2D eigenvalue weighted by molar-refractivity contribution is 5.58. The lowest BCUT2D eigenvalue weighted by Gasteiger charge is -2.36. The maximum Gasteiger partial charge on any atom is 0.253 e. The summed E-state index contributed by atoms with van der Waals surface area (Å²) in [5.41, 5.74) is -0.572. The molecule has 3 rings (SSSR count). The van der Waals surface area contributed by atoms with Gasteiger partial charge in [-0.2, -0.15) is 0 Å². The van der Waals surface area contributed by atoms with E-state index >= 15 is 0 Å². The molecule has 0 amide bonds. The van der Waals surface area contributed by atoms with Gasteiger partial charge in [0.05, 0.1) is 24.2 Å². The Balaban J connectivity index is 1.83. The predicted octanol–water partition coefficient (Wildman–Crippen LogP) is 1.51. The summed E-state index contributed by atoms with van der Waals surface area (Å²) in [7, 11) is 2.01. The molecule has 122 valence electrons. The average molecular weight is 317 g/mol. The van der Waals surface area contributed by atoms with Gasteiger partial charge in [-0.15, -0.1) is 0 Å². The van der Waals surface area contributed by atoms with Crippen molar-refractivity contribution in [2.45, 2.75) is 25.0 Å². The summed E-state index contributed by atoms with van der Waals surface area (Å²) in [5, 5.41) is 10.6. The molecular weight excluding hydrogens is 297 g/mol. The third kappa shape index (κ3) is 3.48. The molecule has 1 aliphatic rings. The molecule has 0 bridgehead atoms. The Kier molecular flexibility index (Phi) is 4.28. The second-order valence-corrected chi connectivity index (χ2v) is 6.25. The highest BCUT2D eigenvalue weighted by atomic mass is 19.1. The van der Waals surface area contributed by atoms with E-state index in [1.807, 2.05) is 7.05 Å². The van der Waals surface area contributed by atoms with Crippen LogP contribution in [0.3, 0.4) is 0 Å². The van der Waals surface area contributed by atoms with Crippen molar-refractivity contribution in [2.24, 2.45) is 0 Å². The largest absolute Gasteiger partial charge is 0.388 e. The van der Waals surface area contributed by atoms with E-state index in [0.29, 0.717) is 24.1 Å². The summed E-state index contributed by atoms with van der Waals surface area (Å²) in [6.45, 7) is 1.81. The van der Waals surface area contributed by atoms with Crippen molar-refractivity contribution in [1.82, 2.24) is 14.5 Å². The van der Waals surface area contributed by atoms with Gasteiger partial charge in [-0.25, -0.2) is 9.37 Å². The molecule has 6 heteroatoms. The minimum Gasteiger partial charge on any atom is -0.388 e. The number of benzene rings is 1. The zero-order valence-electron chi connectivity index (χ0n) is 13.1. The van der Waals surface area contributed by atoms with Crippen molar-refractivity contribution < 1.29 is 9.50 Å². The summed E-state index contributed by atoms with van der Waals surface area (Å²) in [4.78, 5) is 18.6. The molecule has 1 aliphatic heterocycles. The molecule has 0 unspecified atom stereocenters. The third-order valence-corrected chi connectivity index (χ3v) is 4.41. The molecule has 0 radical (unpaired) electrons. The van der Waals surface area contributed by atoms with E-state index in [4.69, 9.17) is 0 Å². The molecule has 2 heterocycles. The molecule has 0 aliphatic carbocycles. The molecule has 1 N–H and O–H groups in total. The zero-order chi connectivity index (χ0) is 16.4. The van der Waals surface area contributed by atoms with Crippen molar-refractivity contribution in [3.8, 4) is 11.3 Å². The number of aliphatic hydroxyl groups is 1. The van der Waals surface area contributed by atoms with Gasteiger partial charge in [-0.05, 0) is 32.0 Å². The van der Waals surface area contributed by atoms with Gasteiger partial charge in [0.2, 0.25) is 0 Å². The van der Waals surface area contributed by atoms with Crippen LogP contribution >= 0.6 is 0 Å². The van der Waals surface area contributed by atoms with Gasteiger partial charge >= 0.3 is 0 Å². The van der Waals surface area contributed by atoms with E-state index in [1.165, 1.54) is 23.0 Å². The molecule has 1 aromatic heterocycles. The molecule has 0 atom stereocenters. The first kappa shape index (κ1) is 15.8. The van der Waals surface area contributed by atoms with Crippen molar-refractivity contribution in [1.29, 1.82) is 0 Å². The van der Waals surface area contributed by atoms with E-state index in [0.717, 1.165) is 13.1 Å². The van der Waals surface area contributed by atoms with Crippen LogP contribution in [-0.2, 0) is 6.54 Å². The van der Waals surface area contributed by atoms with Crippen LogP contribution in [0.25, 0.3) is 11.3 Å². The Hall–Kier alpha value is -2.05. The maximum absolute atomic E-state index is 13.8. The summed E-state index contributed by atoms with van der Waals surface area (Å²) < 4.78 is 15.2. The van der Waals surface area contributed by atoms with Crippen LogP contribution in [0.4, 0.5) is 4.39 Å². The highest BCUT2D eigenvalue weighted by Crippen LogP contribution is 2.23. The lowest BCUT2D eigenvalue weighted by molar-refractivity contribution is -0.0299. The minimum atomic E-state index is -0.891. The number of hydrogen-bond acceptors (Lipinski definition) is 4. The summed E-state index contributed by atoms with van der Waals surface area (Å²) in [6.07, 6.45) is 2.62. The van der Waals surface area contributed by atoms with Crippen LogP contribution < -0.4 is 5.56 Å². The van der Waals surface area contributed by atoms with Gasteiger partial charge in [0.15, 0.2) is 0 Å². The second kappa shape index (κ2) is 6.22. The fourth-order valence-electron chi connectivity index (χ4n) is 2.87. The normalized spacial score (nSPS) is 18.0. The Morgan fingerprint density at radius 3 is 2.65 bits per heavy atom. The van der Waals surface area contributed by atoms with Crippen LogP contribution in [0, 0.1) is 5.82 Å². The van der Waals surface area contributed by atoms with Crippen LogP contribution in [-0.4, -0.2) is 45.3 Å². The molecule has 23 heavy (non-hydrogen) atoms. The van der Waals surface area contributed by atoms with E-state index in [2.05, 4.69) is 9.88 Å². The molecule has 5 nitrogen and oxygen atoms in total. The summed E-state index contributed by atoms with van der Waals surface area (Å²) in [5.74, 6) is -0.411. The second-order valence-electron chi connectivity index (χ2n) is 6.25. The fraction of sp³-hybridized carbons (Fsp3) is 0.412. The molecule has 0 spiro atoms. The van der Waals surface area contributed by atoms with Crippen LogP contribution in [0.15, 0.2) is 41.5 Å². The van der Waals surface area contributed by atoms with E-state index < -0.39 is 11.4 Å². The summed E-state index contributed by atoms with van der Waals surface area (Å²) >= 11 is 0. The van der Waals surface area contributed by atoms with Crippen molar-refractivity contribution in [3.63, 3.8) is 0 Å². The Morgan fingerprint density at radius 2 is 2.00 bits per heavy atom. The van der Waals surface area contributed by atoms with Crippen molar-refractivity contribution in [3.05, 3.63) is 52.8 Å². The molecule has 0 saturated carbocycles. The smallest absolute Gasteiger partial charge is 0.253 e. The average Bonchev–Trinajstić information content (AvgIpc) is 2.53. The molecule has 1 fully saturated rings. The molecule has 1 saturated heterocycles. The van der Waals surface area contributed by atoms with E-state index in [1.54, 1.807) is 18.2 Å². The number of aromatic nitrogens is 2. The van der Waals surface area contributed by atoms with E-state index in [-0.39, 0.29) is 12.1 Å². The number of hydrogen-bond donors (Lipinski definition) is 1. The monoisotopic (exact) mass is 317 g/mol.